The van der Waals surface area contributed by atoms with Gasteiger partial charge in [-0.25, -0.2) is 9.97 Å². The number of ether oxygens (including phenoxy) is 1. The van der Waals surface area contributed by atoms with Gasteiger partial charge in [0.1, 0.15) is 12.1 Å². The predicted octanol–water partition coefficient (Wildman–Crippen LogP) is 2.01. The molecular formula is C12H12N4O3. The molecule has 2 rings (SSSR count). The molecule has 1 aromatic carbocycles. The van der Waals surface area contributed by atoms with Crippen molar-refractivity contribution in [2.45, 2.75) is 6.54 Å². The Labute approximate surface area is 109 Å². The minimum absolute atomic E-state index is 0.0763. The number of hydrogen-bond donors (Lipinski definition) is 1. The van der Waals surface area contributed by atoms with Crippen LogP contribution >= 0.6 is 0 Å². The monoisotopic (exact) mass is 260 g/mol. The SMILES string of the molecule is COc1cc(NCc2ccc([N+](=O)[O-])cc2)ncn1. The number of non-ortho nitro benzene ring substituents is 1. The van der Waals surface area contributed by atoms with Crippen molar-refractivity contribution in [2.24, 2.45) is 0 Å². The van der Waals surface area contributed by atoms with Crippen LogP contribution in [0, 0.1) is 10.1 Å². The van der Waals surface area contributed by atoms with Crippen LogP contribution in [0.5, 0.6) is 5.88 Å². The molecule has 0 fully saturated rings. The van der Waals surface area contributed by atoms with Crippen LogP contribution in [0.3, 0.4) is 0 Å². The topological polar surface area (TPSA) is 90.2 Å². The standard InChI is InChI=1S/C12H12N4O3/c1-19-12-6-11(14-8-15-12)13-7-9-2-4-10(5-3-9)16(17)18/h2-6,8H,7H2,1H3,(H,13,14,15). The molecule has 7 heteroatoms. The van der Waals surface area contributed by atoms with Gasteiger partial charge in [-0.1, -0.05) is 12.1 Å². The summed E-state index contributed by atoms with van der Waals surface area (Å²) < 4.78 is 4.98. The Bertz CT molecular complexity index is 571. The molecule has 0 spiro atoms. The molecule has 0 atom stereocenters. The number of benzene rings is 1. The van der Waals surface area contributed by atoms with E-state index in [9.17, 15) is 10.1 Å². The lowest BCUT2D eigenvalue weighted by Crippen LogP contribution is -2.02. The fourth-order valence-electron chi connectivity index (χ4n) is 1.48. The van der Waals surface area contributed by atoms with Crippen LogP contribution < -0.4 is 10.1 Å². The van der Waals surface area contributed by atoms with Crippen LogP contribution in [-0.2, 0) is 6.54 Å². The maximum absolute atomic E-state index is 10.5. The summed E-state index contributed by atoms with van der Waals surface area (Å²) in [6.45, 7) is 0.512. The van der Waals surface area contributed by atoms with E-state index in [4.69, 9.17) is 4.74 Å². The van der Waals surface area contributed by atoms with Gasteiger partial charge >= 0.3 is 0 Å². The van der Waals surface area contributed by atoms with Crippen molar-refractivity contribution in [3.05, 3.63) is 52.3 Å². The average Bonchev–Trinajstić information content (AvgIpc) is 2.46. The first kappa shape index (κ1) is 12.7. The van der Waals surface area contributed by atoms with E-state index in [2.05, 4.69) is 15.3 Å². The average molecular weight is 260 g/mol. The fraction of sp³-hybridized carbons (Fsp3) is 0.167. The highest BCUT2D eigenvalue weighted by Gasteiger charge is 2.04. The van der Waals surface area contributed by atoms with Gasteiger partial charge in [0.25, 0.3) is 5.69 Å². The molecule has 0 unspecified atom stereocenters. The number of anilines is 1. The quantitative estimate of drug-likeness (QED) is 0.653. The third-order valence-electron chi connectivity index (χ3n) is 2.47. The highest BCUT2D eigenvalue weighted by Crippen LogP contribution is 2.14. The van der Waals surface area contributed by atoms with Gasteiger partial charge in [-0.2, -0.15) is 0 Å². The zero-order chi connectivity index (χ0) is 13.7. The summed E-state index contributed by atoms with van der Waals surface area (Å²) in [5.41, 5.74) is 0.996. The second-order valence-corrected chi connectivity index (χ2v) is 3.72. The number of nitrogens with one attached hydrogen (secondary N) is 1. The van der Waals surface area contributed by atoms with Gasteiger partial charge in [0.15, 0.2) is 0 Å². The van der Waals surface area contributed by atoms with E-state index in [1.54, 1.807) is 18.2 Å². The molecule has 0 saturated heterocycles. The summed E-state index contributed by atoms with van der Waals surface area (Å²) in [6, 6.07) is 8.01. The number of nitro benzene ring substituents is 1. The molecule has 98 valence electrons. The molecule has 7 nitrogen and oxygen atoms in total. The summed E-state index contributed by atoms with van der Waals surface area (Å²) in [6.07, 6.45) is 1.40. The number of hydrogen-bond acceptors (Lipinski definition) is 6. The van der Waals surface area contributed by atoms with E-state index in [1.165, 1.54) is 25.6 Å². The van der Waals surface area contributed by atoms with Crippen LogP contribution in [0.25, 0.3) is 0 Å². The van der Waals surface area contributed by atoms with E-state index in [0.29, 0.717) is 18.2 Å². The number of aromatic nitrogens is 2. The van der Waals surface area contributed by atoms with Gasteiger partial charge in [0, 0.05) is 24.7 Å². The maximum Gasteiger partial charge on any atom is 0.269 e. The lowest BCUT2D eigenvalue weighted by Gasteiger charge is -2.06. The smallest absolute Gasteiger partial charge is 0.269 e. The van der Waals surface area contributed by atoms with Crippen LogP contribution in [0.4, 0.5) is 11.5 Å². The van der Waals surface area contributed by atoms with Gasteiger partial charge in [-0.3, -0.25) is 10.1 Å². The maximum atomic E-state index is 10.5. The van der Waals surface area contributed by atoms with Crippen molar-refractivity contribution >= 4 is 11.5 Å². The molecule has 2 aromatic rings. The fourth-order valence-corrected chi connectivity index (χ4v) is 1.48. The minimum atomic E-state index is -0.424. The highest BCUT2D eigenvalue weighted by molar-refractivity contribution is 5.39. The molecule has 1 N–H and O–H groups in total. The largest absolute Gasteiger partial charge is 0.481 e. The zero-order valence-electron chi connectivity index (χ0n) is 10.2. The summed E-state index contributed by atoms with van der Waals surface area (Å²) in [4.78, 5) is 18.0. The van der Waals surface area contributed by atoms with Crippen LogP contribution in [0.15, 0.2) is 36.7 Å². The molecule has 0 radical (unpaired) electrons. The third-order valence-corrected chi connectivity index (χ3v) is 2.47. The number of rotatable bonds is 5. The van der Waals surface area contributed by atoms with Crippen LogP contribution in [0.1, 0.15) is 5.56 Å². The van der Waals surface area contributed by atoms with Crippen molar-refractivity contribution in [3.63, 3.8) is 0 Å². The first-order valence-corrected chi connectivity index (χ1v) is 5.52. The summed E-state index contributed by atoms with van der Waals surface area (Å²) in [7, 11) is 1.53. The van der Waals surface area contributed by atoms with Gasteiger partial charge in [-0.15, -0.1) is 0 Å². The lowest BCUT2D eigenvalue weighted by molar-refractivity contribution is -0.384. The van der Waals surface area contributed by atoms with E-state index >= 15 is 0 Å². The molecule has 19 heavy (non-hydrogen) atoms. The Hall–Kier alpha value is -2.70. The van der Waals surface area contributed by atoms with Gasteiger partial charge in [0.2, 0.25) is 5.88 Å². The summed E-state index contributed by atoms with van der Waals surface area (Å²) in [5.74, 6) is 1.10. The first-order valence-electron chi connectivity index (χ1n) is 5.52. The Balaban J connectivity index is 1.99. The predicted molar refractivity (Wildman–Crippen MR) is 69.0 cm³/mol. The molecule has 0 aliphatic heterocycles. The molecular weight excluding hydrogens is 248 g/mol. The normalized spacial score (nSPS) is 9.95. The van der Waals surface area contributed by atoms with Crippen molar-refractivity contribution in [2.75, 3.05) is 12.4 Å². The van der Waals surface area contributed by atoms with Crippen molar-refractivity contribution in [3.8, 4) is 5.88 Å². The lowest BCUT2D eigenvalue weighted by atomic mass is 10.2. The van der Waals surface area contributed by atoms with Crippen molar-refractivity contribution in [1.29, 1.82) is 0 Å². The van der Waals surface area contributed by atoms with Crippen molar-refractivity contribution < 1.29 is 9.66 Å². The van der Waals surface area contributed by atoms with Crippen LogP contribution in [0.2, 0.25) is 0 Å². The number of nitrogens with zero attached hydrogens (tertiary/aromatic N) is 3. The van der Waals surface area contributed by atoms with Crippen molar-refractivity contribution in [1.82, 2.24) is 9.97 Å². The van der Waals surface area contributed by atoms with E-state index in [0.717, 1.165) is 5.56 Å². The summed E-state index contributed by atoms with van der Waals surface area (Å²) in [5, 5.41) is 13.6. The zero-order valence-corrected chi connectivity index (χ0v) is 10.2. The Morgan fingerprint density at radius 3 is 2.68 bits per heavy atom. The molecule has 0 bridgehead atoms. The van der Waals surface area contributed by atoms with E-state index in [-0.39, 0.29) is 5.69 Å². The molecule has 0 amide bonds. The third kappa shape index (κ3) is 3.38. The second-order valence-electron chi connectivity index (χ2n) is 3.72. The molecule has 0 aliphatic carbocycles. The molecule has 1 aromatic heterocycles. The Morgan fingerprint density at radius 1 is 1.32 bits per heavy atom. The highest BCUT2D eigenvalue weighted by atomic mass is 16.6. The number of methoxy groups -OCH3 is 1. The minimum Gasteiger partial charge on any atom is -0.481 e. The summed E-state index contributed by atoms with van der Waals surface area (Å²) >= 11 is 0. The van der Waals surface area contributed by atoms with E-state index in [1.807, 2.05) is 0 Å². The van der Waals surface area contributed by atoms with Gasteiger partial charge in [0.05, 0.1) is 12.0 Å². The first-order chi connectivity index (χ1) is 9.19. The number of nitro groups is 1. The van der Waals surface area contributed by atoms with Gasteiger partial charge < -0.3 is 10.1 Å². The van der Waals surface area contributed by atoms with Crippen LogP contribution in [-0.4, -0.2) is 22.0 Å². The Morgan fingerprint density at radius 2 is 2.05 bits per heavy atom. The molecule has 0 saturated carbocycles. The molecule has 1 heterocycles. The second kappa shape index (κ2) is 5.76. The van der Waals surface area contributed by atoms with E-state index < -0.39 is 4.92 Å². The van der Waals surface area contributed by atoms with Gasteiger partial charge in [-0.05, 0) is 5.56 Å². The molecule has 0 aliphatic rings. The Kier molecular flexibility index (Phi) is 3.87.